The second kappa shape index (κ2) is 6.39. The van der Waals surface area contributed by atoms with Crippen LogP contribution >= 0.6 is 0 Å². The van der Waals surface area contributed by atoms with Crippen LogP contribution in [0.4, 0.5) is 4.39 Å². The maximum absolute atomic E-state index is 13.5. The predicted molar refractivity (Wildman–Crippen MR) is 85.1 cm³/mol. The fourth-order valence-corrected chi connectivity index (χ4v) is 3.15. The number of hydrogen-bond donors (Lipinski definition) is 1. The third-order valence-corrected chi connectivity index (χ3v) is 4.47. The average molecular weight is 328 g/mol. The monoisotopic (exact) mass is 328 g/mol. The van der Waals surface area contributed by atoms with Crippen molar-refractivity contribution in [2.45, 2.75) is 12.8 Å². The minimum absolute atomic E-state index is 0.101. The number of aryl methyl sites for hydroxylation is 1. The Balaban J connectivity index is 1.89. The van der Waals surface area contributed by atoms with Crippen molar-refractivity contribution >= 4 is 11.9 Å². The van der Waals surface area contributed by atoms with Gasteiger partial charge in [0.15, 0.2) is 0 Å². The molecule has 0 spiro atoms. The normalized spacial score (nSPS) is 20.2. The first-order chi connectivity index (χ1) is 11.5. The molecular formula is C18H17FN2O3. The molecule has 6 heteroatoms. The molecule has 2 aromatic rings. The molecule has 0 saturated carbocycles. The van der Waals surface area contributed by atoms with Crippen molar-refractivity contribution in [1.29, 1.82) is 0 Å². The second-order valence-corrected chi connectivity index (χ2v) is 6.01. The number of halogens is 1. The number of rotatable bonds is 3. The van der Waals surface area contributed by atoms with Gasteiger partial charge in [-0.05, 0) is 36.2 Å². The molecule has 0 unspecified atom stereocenters. The molecule has 1 N–H and O–H groups in total. The highest BCUT2D eigenvalue weighted by molar-refractivity contribution is 5.96. The molecule has 2 heterocycles. The fraction of sp³-hybridized carbons (Fsp3) is 0.278. The van der Waals surface area contributed by atoms with Crippen LogP contribution in [-0.4, -0.2) is 40.0 Å². The van der Waals surface area contributed by atoms with Crippen LogP contribution < -0.4 is 0 Å². The Hall–Kier alpha value is -2.76. The standard InChI is InChI=1S/C18H17FN2O3/c1-11-5-6-20-8-14(11)17(22)21-9-15(16(10-21)18(23)24)12-3-2-4-13(19)7-12/h2-8,15-16H,9-10H2,1H3,(H,23,24)/t15-,16+/m1/s1. The van der Waals surface area contributed by atoms with Gasteiger partial charge in [-0.3, -0.25) is 14.6 Å². The average Bonchev–Trinajstić information content (AvgIpc) is 3.00. The van der Waals surface area contributed by atoms with Gasteiger partial charge in [-0.2, -0.15) is 0 Å². The van der Waals surface area contributed by atoms with Crippen LogP contribution in [0.2, 0.25) is 0 Å². The molecule has 2 atom stereocenters. The molecule has 1 aromatic carbocycles. The number of carboxylic acid groups (broad SMARTS) is 1. The van der Waals surface area contributed by atoms with Gasteiger partial charge in [0.05, 0.1) is 11.5 Å². The highest BCUT2D eigenvalue weighted by Crippen LogP contribution is 2.34. The third-order valence-electron chi connectivity index (χ3n) is 4.47. The molecule has 1 aliphatic rings. The van der Waals surface area contributed by atoms with Crippen molar-refractivity contribution < 1.29 is 19.1 Å². The van der Waals surface area contributed by atoms with Crippen molar-refractivity contribution in [1.82, 2.24) is 9.88 Å². The first-order valence-electron chi connectivity index (χ1n) is 7.65. The van der Waals surface area contributed by atoms with Crippen molar-refractivity contribution in [3.8, 4) is 0 Å². The van der Waals surface area contributed by atoms with Crippen molar-refractivity contribution in [3.05, 3.63) is 65.2 Å². The first-order valence-corrected chi connectivity index (χ1v) is 7.65. The van der Waals surface area contributed by atoms with Crippen molar-refractivity contribution in [3.63, 3.8) is 0 Å². The van der Waals surface area contributed by atoms with E-state index >= 15 is 0 Å². The minimum Gasteiger partial charge on any atom is -0.481 e. The fourth-order valence-electron chi connectivity index (χ4n) is 3.15. The molecule has 1 aromatic heterocycles. The number of likely N-dealkylation sites (tertiary alicyclic amines) is 1. The number of aromatic nitrogens is 1. The zero-order valence-electron chi connectivity index (χ0n) is 13.1. The van der Waals surface area contributed by atoms with E-state index in [1.807, 2.05) is 6.92 Å². The Morgan fingerprint density at radius 3 is 2.75 bits per heavy atom. The Morgan fingerprint density at radius 1 is 1.29 bits per heavy atom. The predicted octanol–water partition coefficient (Wildman–Crippen LogP) is 2.47. The lowest BCUT2D eigenvalue weighted by molar-refractivity contribution is -0.141. The minimum atomic E-state index is -0.984. The van der Waals surface area contributed by atoms with E-state index in [2.05, 4.69) is 4.98 Å². The van der Waals surface area contributed by atoms with Crippen LogP contribution in [0.15, 0.2) is 42.7 Å². The van der Waals surface area contributed by atoms with E-state index in [-0.39, 0.29) is 19.0 Å². The number of aliphatic carboxylic acids is 1. The highest BCUT2D eigenvalue weighted by Gasteiger charge is 2.41. The molecule has 1 saturated heterocycles. The van der Waals surface area contributed by atoms with Crippen molar-refractivity contribution in [2.75, 3.05) is 13.1 Å². The van der Waals surface area contributed by atoms with Crippen LogP contribution in [0.25, 0.3) is 0 Å². The van der Waals surface area contributed by atoms with Crippen LogP contribution in [0.3, 0.4) is 0 Å². The molecule has 24 heavy (non-hydrogen) atoms. The molecular weight excluding hydrogens is 311 g/mol. The van der Waals surface area contributed by atoms with Crippen LogP contribution in [0.1, 0.15) is 27.4 Å². The largest absolute Gasteiger partial charge is 0.481 e. The summed E-state index contributed by atoms with van der Waals surface area (Å²) in [6, 6.07) is 7.65. The summed E-state index contributed by atoms with van der Waals surface area (Å²) in [7, 11) is 0. The lowest BCUT2D eigenvalue weighted by atomic mass is 9.89. The number of carbonyl (C=O) groups excluding carboxylic acids is 1. The third kappa shape index (κ3) is 2.99. The van der Waals surface area contributed by atoms with E-state index < -0.39 is 23.6 Å². The molecule has 5 nitrogen and oxygen atoms in total. The summed E-state index contributed by atoms with van der Waals surface area (Å²) < 4.78 is 13.5. The van der Waals surface area contributed by atoms with Gasteiger partial charge in [-0.15, -0.1) is 0 Å². The summed E-state index contributed by atoms with van der Waals surface area (Å²) in [5, 5.41) is 9.49. The summed E-state index contributed by atoms with van der Waals surface area (Å²) in [5.41, 5.74) is 1.85. The van der Waals surface area contributed by atoms with E-state index in [0.29, 0.717) is 11.1 Å². The Labute approximate surface area is 138 Å². The second-order valence-electron chi connectivity index (χ2n) is 6.01. The summed E-state index contributed by atoms with van der Waals surface area (Å²) in [4.78, 5) is 29.8. The number of carbonyl (C=O) groups is 2. The number of carboxylic acids is 1. The molecule has 1 aliphatic heterocycles. The van der Waals surface area contributed by atoms with E-state index in [1.165, 1.54) is 23.2 Å². The zero-order chi connectivity index (χ0) is 17.3. The van der Waals surface area contributed by atoms with Gasteiger partial charge in [0.1, 0.15) is 5.82 Å². The summed E-state index contributed by atoms with van der Waals surface area (Å²) in [5.74, 6) is -2.83. The zero-order valence-corrected chi connectivity index (χ0v) is 13.1. The van der Waals surface area contributed by atoms with Gasteiger partial charge in [0.25, 0.3) is 5.91 Å². The molecule has 3 rings (SSSR count). The van der Waals surface area contributed by atoms with Gasteiger partial charge in [0, 0.05) is 31.4 Å². The van der Waals surface area contributed by atoms with Crippen LogP contribution in [0, 0.1) is 18.7 Å². The molecule has 124 valence electrons. The molecule has 0 radical (unpaired) electrons. The molecule has 1 fully saturated rings. The number of benzene rings is 1. The molecule has 0 bridgehead atoms. The van der Waals surface area contributed by atoms with E-state index in [9.17, 15) is 19.1 Å². The highest BCUT2D eigenvalue weighted by atomic mass is 19.1. The topological polar surface area (TPSA) is 70.5 Å². The number of hydrogen-bond acceptors (Lipinski definition) is 3. The van der Waals surface area contributed by atoms with Crippen LogP contribution in [-0.2, 0) is 4.79 Å². The Morgan fingerprint density at radius 2 is 2.08 bits per heavy atom. The van der Waals surface area contributed by atoms with Gasteiger partial charge in [-0.25, -0.2) is 4.39 Å². The summed E-state index contributed by atoms with van der Waals surface area (Å²) in [6.45, 7) is 2.15. The number of nitrogens with zero attached hydrogens (tertiary/aromatic N) is 2. The molecule has 1 amide bonds. The summed E-state index contributed by atoms with van der Waals surface area (Å²) >= 11 is 0. The van der Waals surface area contributed by atoms with Gasteiger partial charge < -0.3 is 10.0 Å². The van der Waals surface area contributed by atoms with Crippen LogP contribution in [0.5, 0.6) is 0 Å². The quantitative estimate of drug-likeness (QED) is 0.939. The number of amides is 1. The Kier molecular flexibility index (Phi) is 4.29. The lowest BCUT2D eigenvalue weighted by Crippen LogP contribution is -2.30. The van der Waals surface area contributed by atoms with Gasteiger partial charge >= 0.3 is 5.97 Å². The summed E-state index contributed by atoms with van der Waals surface area (Å²) in [6.07, 6.45) is 3.09. The van der Waals surface area contributed by atoms with E-state index in [4.69, 9.17) is 0 Å². The Bertz CT molecular complexity index is 793. The van der Waals surface area contributed by atoms with Gasteiger partial charge in [-0.1, -0.05) is 12.1 Å². The van der Waals surface area contributed by atoms with Gasteiger partial charge in [0.2, 0.25) is 0 Å². The first kappa shape index (κ1) is 16.1. The lowest BCUT2D eigenvalue weighted by Gasteiger charge is -2.17. The SMILES string of the molecule is Cc1ccncc1C(=O)N1C[C@H](C(=O)O)[C@@H](c2cccc(F)c2)C1. The smallest absolute Gasteiger partial charge is 0.308 e. The molecule has 0 aliphatic carbocycles. The maximum Gasteiger partial charge on any atom is 0.308 e. The number of pyridine rings is 1. The van der Waals surface area contributed by atoms with E-state index in [0.717, 1.165) is 5.56 Å². The van der Waals surface area contributed by atoms with Crippen molar-refractivity contribution in [2.24, 2.45) is 5.92 Å². The maximum atomic E-state index is 13.5. The van der Waals surface area contributed by atoms with E-state index in [1.54, 1.807) is 24.4 Å².